The van der Waals surface area contributed by atoms with Crippen LogP contribution in [0.1, 0.15) is 71.3 Å². The van der Waals surface area contributed by atoms with Gasteiger partial charge in [0.05, 0.1) is 109 Å². The number of carbonyl (C=O) groups excluding carboxylic acids is 7. The fraction of sp³-hybridized carbons (Fsp3) is 0.681. The number of imide groups is 1. The molecule has 5 rings (SSSR count). The second-order valence-corrected chi connectivity index (χ2v) is 18.6. The summed E-state index contributed by atoms with van der Waals surface area (Å²) in [6, 6.07) is 5.94. The summed E-state index contributed by atoms with van der Waals surface area (Å²) in [6.07, 6.45) is 1.43. The maximum Gasteiger partial charge on any atom is 0.312 e. The summed E-state index contributed by atoms with van der Waals surface area (Å²) in [6.45, 7) is 10.3. The van der Waals surface area contributed by atoms with Crippen molar-refractivity contribution in [3.63, 3.8) is 0 Å². The molecule has 2 bridgehead atoms. The number of carboxylic acid groups (broad SMARTS) is 1. The van der Waals surface area contributed by atoms with Gasteiger partial charge in [-0.15, -0.1) is 0 Å². The molecule has 20 heteroatoms. The number of hydrogen-bond donors (Lipinski definition) is 5. The molecule has 0 aliphatic carbocycles. The van der Waals surface area contributed by atoms with Crippen molar-refractivity contribution in [1.29, 1.82) is 0 Å². The third kappa shape index (κ3) is 15.8. The van der Waals surface area contributed by atoms with Crippen molar-refractivity contribution in [2.75, 3.05) is 91.3 Å². The van der Waals surface area contributed by atoms with E-state index >= 15 is 0 Å². The topological polar surface area (TPSA) is 262 Å². The number of hydrogen-bond acceptors (Lipinski definition) is 12. The Bertz CT molecular complexity index is 1870. The van der Waals surface area contributed by atoms with Gasteiger partial charge in [-0.05, 0) is 43.7 Å². The number of primary amides is 1. The maximum atomic E-state index is 13.7. The first kappa shape index (κ1) is 54.6. The van der Waals surface area contributed by atoms with Crippen molar-refractivity contribution < 1.29 is 66.9 Å². The summed E-state index contributed by atoms with van der Waals surface area (Å²) in [4.78, 5) is 104. The number of carbonyl (C=O) groups is 8. The summed E-state index contributed by atoms with van der Waals surface area (Å²) >= 11 is 0. The molecule has 7 amide bonds. The molecule has 4 aliphatic heterocycles. The van der Waals surface area contributed by atoms with Gasteiger partial charge in [-0.3, -0.25) is 38.5 Å². The number of quaternary nitrogens is 1. The van der Waals surface area contributed by atoms with Gasteiger partial charge >= 0.3 is 12.0 Å². The van der Waals surface area contributed by atoms with Crippen LogP contribution in [0.2, 0.25) is 0 Å². The largest absolute Gasteiger partial charge is 0.481 e. The van der Waals surface area contributed by atoms with Crippen LogP contribution in [0.25, 0.3) is 0 Å². The van der Waals surface area contributed by atoms with Crippen LogP contribution >= 0.6 is 0 Å². The number of Topliss-reactive ketones (excluding diaryl/α,β-unsaturated/α-hetero) is 1. The van der Waals surface area contributed by atoms with E-state index in [0.717, 1.165) is 5.56 Å². The van der Waals surface area contributed by atoms with Gasteiger partial charge in [-0.1, -0.05) is 32.9 Å². The highest BCUT2D eigenvalue weighted by atomic mass is 16.5. The monoisotopic (exact) mass is 944 g/mol. The number of nitrogens with two attached hydrogens (primary N) is 1. The fourth-order valence-corrected chi connectivity index (χ4v) is 9.29. The van der Waals surface area contributed by atoms with Crippen LogP contribution in [-0.4, -0.2) is 171 Å². The van der Waals surface area contributed by atoms with E-state index in [4.69, 9.17) is 24.7 Å². The maximum absolute atomic E-state index is 13.7. The van der Waals surface area contributed by atoms with E-state index in [1.807, 2.05) is 26.0 Å². The molecule has 4 fully saturated rings. The second-order valence-electron chi connectivity index (χ2n) is 18.6. The standard InChI is InChI=1S/C46H69N7O13.CH3/c1-29(2)41(50-37(55)13-20-63-22-24-65-25-23-64-21-17-52-38(56)26-30(3)43(52)58)34(54)27-32(6-5-14-48-46(47)62)42(57)49-33-9-7-31(8-10-33)28-53(4)18-15-51(16-19-53)44(59)39-35-11-12-36(66-35)40(39)45(60)61;/h7-10,29-30,32,35-36,39-41H,5-6,11-28H2,1-4H3,(H5-,47,48,49,50,55,57,60,61,62);1H3/q;-1/p+1/t30?,32-,35?,36?,39?,40?,41+;/m1./s1. The minimum Gasteiger partial charge on any atom is -0.481 e. The highest BCUT2D eigenvalue weighted by molar-refractivity contribution is 6.03. The fourth-order valence-electron chi connectivity index (χ4n) is 9.29. The molecule has 7 atom stereocenters. The predicted molar refractivity (Wildman–Crippen MR) is 244 cm³/mol. The van der Waals surface area contributed by atoms with Crippen LogP contribution in [0.15, 0.2) is 24.3 Å². The molecule has 67 heavy (non-hydrogen) atoms. The Morgan fingerprint density at radius 1 is 0.910 bits per heavy atom. The second kappa shape index (κ2) is 25.9. The van der Waals surface area contributed by atoms with E-state index in [9.17, 15) is 43.5 Å². The van der Waals surface area contributed by atoms with E-state index in [2.05, 4.69) is 23.0 Å². The Morgan fingerprint density at radius 2 is 1.52 bits per heavy atom. The number of fused-ring (bicyclic) bond motifs is 2. The number of benzene rings is 1. The quantitative estimate of drug-likeness (QED) is 0.0365. The minimum absolute atomic E-state index is 0. The zero-order valence-corrected chi connectivity index (χ0v) is 39.8. The van der Waals surface area contributed by atoms with Gasteiger partial charge in [0.25, 0.3) is 0 Å². The van der Waals surface area contributed by atoms with Crippen LogP contribution in [0.4, 0.5) is 10.5 Å². The van der Waals surface area contributed by atoms with Crippen molar-refractivity contribution in [2.45, 2.75) is 90.5 Å². The number of ether oxygens (including phenoxy) is 4. The summed E-state index contributed by atoms with van der Waals surface area (Å²) in [5.74, 6) is -5.25. The van der Waals surface area contributed by atoms with Gasteiger partial charge in [-0.25, -0.2) is 4.79 Å². The number of piperazine rings is 1. The zero-order chi connectivity index (χ0) is 48.0. The van der Waals surface area contributed by atoms with E-state index < -0.39 is 35.8 Å². The van der Waals surface area contributed by atoms with Crippen molar-refractivity contribution in [1.82, 2.24) is 20.4 Å². The van der Waals surface area contributed by atoms with E-state index in [-0.39, 0.29) is 145 Å². The number of ketones is 1. The summed E-state index contributed by atoms with van der Waals surface area (Å²) in [5, 5.41) is 18.1. The highest BCUT2D eigenvalue weighted by Crippen LogP contribution is 2.44. The SMILES string of the molecule is CC1CC(=O)N(CCOCCOCCOCCC(=O)N[C@H](C(=O)C[C@@H](CCCNC(N)=O)C(=O)Nc2ccc(C[N+]3(C)CCN(C(=O)C4C5CCC(O5)C4C(=O)O)CC3)cc2)C(C)C)C1=O.[CH3-]. The number of likely N-dealkylation sites (tertiary alicyclic amines) is 1. The lowest BCUT2D eigenvalue weighted by molar-refractivity contribution is -0.926. The van der Waals surface area contributed by atoms with Gasteiger partial charge in [0.15, 0.2) is 5.78 Å². The molecular formula is C47H73N7O13. The molecule has 6 N–H and O–H groups in total. The molecule has 20 nitrogen and oxygen atoms in total. The third-order valence-electron chi connectivity index (χ3n) is 13.1. The molecule has 0 aromatic heterocycles. The normalized spacial score (nSPS) is 22.9. The number of aliphatic carboxylic acids is 1. The van der Waals surface area contributed by atoms with Gasteiger partial charge in [0.1, 0.15) is 6.54 Å². The van der Waals surface area contributed by atoms with Crippen molar-refractivity contribution in [2.24, 2.45) is 35.3 Å². The van der Waals surface area contributed by atoms with Crippen LogP contribution < -0.4 is 21.7 Å². The molecule has 4 saturated heterocycles. The first-order valence-corrected chi connectivity index (χ1v) is 23.3. The molecule has 0 spiro atoms. The first-order chi connectivity index (χ1) is 31.5. The Morgan fingerprint density at radius 3 is 2.10 bits per heavy atom. The summed E-state index contributed by atoms with van der Waals surface area (Å²) in [7, 11) is 2.13. The molecule has 0 radical (unpaired) electrons. The van der Waals surface area contributed by atoms with E-state index in [1.54, 1.807) is 24.0 Å². The first-order valence-electron chi connectivity index (χ1n) is 23.3. The summed E-state index contributed by atoms with van der Waals surface area (Å²) in [5.41, 5.74) is 6.80. The molecule has 4 aliphatic rings. The van der Waals surface area contributed by atoms with Crippen molar-refractivity contribution >= 4 is 53.0 Å². The average Bonchev–Trinajstić information content (AvgIpc) is 3.96. The molecule has 4 heterocycles. The van der Waals surface area contributed by atoms with Crippen LogP contribution in [-0.2, 0) is 59.1 Å². The number of anilines is 1. The molecule has 0 saturated carbocycles. The molecule has 374 valence electrons. The van der Waals surface area contributed by atoms with Crippen LogP contribution in [0.5, 0.6) is 0 Å². The lowest BCUT2D eigenvalue weighted by Crippen LogP contribution is -2.59. The molecule has 5 unspecified atom stereocenters. The van der Waals surface area contributed by atoms with Gasteiger partial charge in [-0.2, -0.15) is 0 Å². The Labute approximate surface area is 393 Å². The Kier molecular flexibility index (Phi) is 21.1. The number of carboxylic acids is 1. The van der Waals surface area contributed by atoms with Crippen LogP contribution in [0.3, 0.4) is 0 Å². The van der Waals surface area contributed by atoms with Gasteiger partial charge in [0, 0.05) is 48.9 Å². The lowest BCUT2D eigenvalue weighted by Gasteiger charge is -2.43. The minimum atomic E-state index is -0.971. The summed E-state index contributed by atoms with van der Waals surface area (Å²) < 4.78 is 23.0. The number of nitrogens with zero attached hydrogens (tertiary/aromatic N) is 3. The zero-order valence-electron chi connectivity index (χ0n) is 39.8. The van der Waals surface area contributed by atoms with Gasteiger partial charge < -0.3 is 62.5 Å². The van der Waals surface area contributed by atoms with Crippen molar-refractivity contribution in [3.8, 4) is 0 Å². The number of likely N-dealkylation sites (N-methyl/N-ethyl adjacent to an activating group) is 1. The van der Waals surface area contributed by atoms with E-state index in [0.29, 0.717) is 62.2 Å². The Balaban J connectivity index is 0.00000980. The smallest absolute Gasteiger partial charge is 0.312 e. The van der Waals surface area contributed by atoms with Gasteiger partial charge in [0.2, 0.25) is 29.5 Å². The number of urea groups is 1. The molecular weight excluding hydrogens is 871 g/mol. The molecule has 1 aromatic carbocycles. The van der Waals surface area contributed by atoms with Crippen molar-refractivity contribution in [3.05, 3.63) is 37.3 Å². The third-order valence-corrected chi connectivity index (χ3v) is 13.1. The average molecular weight is 944 g/mol. The number of rotatable bonds is 27. The van der Waals surface area contributed by atoms with Crippen LogP contribution in [0, 0.1) is 37.0 Å². The number of amides is 7. The molecule has 1 aromatic rings. The lowest BCUT2D eigenvalue weighted by atomic mass is 9.78. The number of nitrogens with one attached hydrogen (secondary N) is 3. The predicted octanol–water partition coefficient (Wildman–Crippen LogP) is 1.74. The Hall–Kier alpha value is -5.02. The highest BCUT2D eigenvalue weighted by Gasteiger charge is 2.56. The van der Waals surface area contributed by atoms with E-state index in [1.165, 1.54) is 4.90 Å².